The zero-order valence-electron chi connectivity index (χ0n) is 21.2. The molecule has 0 aliphatic carbocycles. The first-order chi connectivity index (χ1) is 18.7. The van der Waals surface area contributed by atoms with Crippen LogP contribution < -0.4 is 21.9 Å². The Balaban J connectivity index is 1.69. The van der Waals surface area contributed by atoms with Crippen molar-refractivity contribution in [3.8, 4) is 0 Å². The van der Waals surface area contributed by atoms with Gasteiger partial charge in [-0.15, -0.1) is 0 Å². The van der Waals surface area contributed by atoms with Gasteiger partial charge in [-0.2, -0.15) is 0 Å². The maximum atomic E-state index is 13.3. The number of Topliss-reactive ketones (excluding diaryl/α,β-unsaturated/α-hetero) is 1. The number of non-ortho nitro benzene ring substituents is 1. The highest BCUT2D eigenvalue weighted by atomic mass is 16.6. The number of carbonyl (C=O) groups is 2. The first kappa shape index (κ1) is 26.9. The van der Waals surface area contributed by atoms with E-state index in [1.165, 1.54) is 36.8 Å². The molecule has 200 valence electrons. The summed E-state index contributed by atoms with van der Waals surface area (Å²) in [6.07, 6.45) is 0. The minimum absolute atomic E-state index is 0.00893. The van der Waals surface area contributed by atoms with Gasteiger partial charge in [0.25, 0.3) is 11.2 Å². The third-order valence-corrected chi connectivity index (χ3v) is 6.02. The third kappa shape index (κ3) is 6.08. The van der Waals surface area contributed by atoms with Crippen LogP contribution in [0.2, 0.25) is 0 Å². The fourth-order valence-corrected chi connectivity index (χ4v) is 4.05. The van der Waals surface area contributed by atoms with Gasteiger partial charge in [0.05, 0.1) is 35.5 Å². The number of hydrogen-bond donors (Lipinski definition) is 2. The van der Waals surface area contributed by atoms with E-state index < -0.39 is 22.2 Å². The topological polar surface area (TPSA) is 155 Å². The van der Waals surface area contributed by atoms with Crippen molar-refractivity contribution in [2.24, 2.45) is 0 Å². The number of nitro groups is 1. The maximum absolute atomic E-state index is 13.3. The predicted molar refractivity (Wildman–Crippen MR) is 146 cm³/mol. The largest absolute Gasteiger partial charge is 0.383 e. The van der Waals surface area contributed by atoms with Crippen LogP contribution in [0.15, 0.2) is 76.3 Å². The fourth-order valence-electron chi connectivity index (χ4n) is 4.05. The number of benzene rings is 3. The molecule has 12 heteroatoms. The van der Waals surface area contributed by atoms with Crippen LogP contribution in [0.4, 0.5) is 21.9 Å². The third-order valence-electron chi connectivity index (χ3n) is 6.02. The number of fused-ring (bicyclic) bond motifs is 1. The molecule has 2 amide bonds. The second-order valence-corrected chi connectivity index (χ2v) is 8.69. The van der Waals surface area contributed by atoms with E-state index in [9.17, 15) is 29.3 Å². The molecule has 4 aromatic rings. The number of amides is 2. The van der Waals surface area contributed by atoms with Crippen LogP contribution in [0.5, 0.6) is 0 Å². The average Bonchev–Trinajstić information content (AvgIpc) is 2.91. The Morgan fingerprint density at radius 2 is 1.64 bits per heavy atom. The lowest BCUT2D eigenvalue weighted by atomic mass is 10.1. The fraction of sp³-hybridized carbons (Fsp3) is 0.185. The van der Waals surface area contributed by atoms with Crippen LogP contribution in [0, 0.1) is 10.1 Å². The minimum atomic E-state index is -0.589. The summed E-state index contributed by atoms with van der Waals surface area (Å²) < 4.78 is 7.50. The van der Waals surface area contributed by atoms with E-state index >= 15 is 0 Å². The molecule has 2 N–H and O–H groups in total. The number of ether oxygens (including phenoxy) is 1. The number of nitrogens with one attached hydrogen (secondary N) is 2. The van der Waals surface area contributed by atoms with Crippen LogP contribution in [-0.2, 0) is 17.8 Å². The lowest BCUT2D eigenvalue weighted by Crippen LogP contribution is -2.41. The van der Waals surface area contributed by atoms with E-state index in [0.717, 1.165) is 4.57 Å². The Kier molecular flexibility index (Phi) is 7.96. The first-order valence-electron chi connectivity index (χ1n) is 11.9. The molecule has 0 unspecified atom stereocenters. The molecule has 0 bridgehead atoms. The minimum Gasteiger partial charge on any atom is -0.383 e. The van der Waals surface area contributed by atoms with Gasteiger partial charge < -0.3 is 15.4 Å². The van der Waals surface area contributed by atoms with E-state index in [-0.39, 0.29) is 36.6 Å². The van der Waals surface area contributed by atoms with E-state index in [4.69, 9.17) is 4.74 Å². The molecule has 0 fully saturated rings. The normalized spacial score (nSPS) is 10.8. The van der Waals surface area contributed by atoms with Crippen LogP contribution in [0.1, 0.15) is 22.8 Å². The Bertz CT molecular complexity index is 1690. The number of ketones is 1. The Labute approximate surface area is 221 Å². The van der Waals surface area contributed by atoms with E-state index in [1.54, 1.807) is 48.5 Å². The Morgan fingerprint density at radius 1 is 0.949 bits per heavy atom. The lowest BCUT2D eigenvalue weighted by Gasteiger charge is -2.15. The van der Waals surface area contributed by atoms with Crippen molar-refractivity contribution >= 4 is 39.8 Å². The Morgan fingerprint density at radius 3 is 2.28 bits per heavy atom. The second-order valence-electron chi connectivity index (χ2n) is 8.69. The quantitative estimate of drug-likeness (QED) is 0.190. The molecule has 0 radical (unpaired) electrons. The van der Waals surface area contributed by atoms with Crippen molar-refractivity contribution in [1.82, 2.24) is 9.13 Å². The Hall–Kier alpha value is -5.10. The highest BCUT2D eigenvalue weighted by Crippen LogP contribution is 2.19. The standard InChI is InChI=1S/C27H25N5O7/c1-17(33)19-4-3-5-20(14-19)28-26(35)29-21-8-11-24-23(15-21)25(34)30(12-13-39-2)27(36)31(24)16-18-6-9-22(10-7-18)32(37)38/h3-11,14-15H,12-13,16H2,1-2H3,(H2,28,29,35). The zero-order chi connectivity index (χ0) is 28.1. The van der Waals surface area contributed by atoms with Crippen molar-refractivity contribution in [1.29, 1.82) is 0 Å². The molecule has 1 heterocycles. The molecule has 12 nitrogen and oxygen atoms in total. The van der Waals surface area contributed by atoms with Gasteiger partial charge in [0.15, 0.2) is 5.78 Å². The summed E-state index contributed by atoms with van der Waals surface area (Å²) in [6, 6.07) is 16.2. The predicted octanol–water partition coefficient (Wildman–Crippen LogP) is 3.61. The molecule has 0 atom stereocenters. The molecular formula is C27H25N5O7. The number of hydrogen-bond acceptors (Lipinski definition) is 7. The van der Waals surface area contributed by atoms with E-state index in [2.05, 4.69) is 10.6 Å². The van der Waals surface area contributed by atoms with E-state index in [1.807, 2.05) is 0 Å². The summed E-state index contributed by atoms with van der Waals surface area (Å²) in [5.41, 5.74) is 0.923. The number of nitrogens with zero attached hydrogens (tertiary/aromatic N) is 3. The van der Waals surface area contributed by atoms with Crippen LogP contribution in [0.25, 0.3) is 10.9 Å². The number of methoxy groups -OCH3 is 1. The van der Waals surface area contributed by atoms with Gasteiger partial charge in [-0.1, -0.05) is 24.3 Å². The van der Waals surface area contributed by atoms with Gasteiger partial charge >= 0.3 is 11.7 Å². The summed E-state index contributed by atoms with van der Waals surface area (Å²) in [6.45, 7) is 1.61. The molecule has 0 spiro atoms. The van der Waals surface area contributed by atoms with Gasteiger partial charge in [0, 0.05) is 36.2 Å². The summed E-state index contributed by atoms with van der Waals surface area (Å²) in [5, 5.41) is 16.5. The molecule has 0 aliphatic rings. The summed E-state index contributed by atoms with van der Waals surface area (Å²) in [7, 11) is 1.45. The zero-order valence-corrected chi connectivity index (χ0v) is 21.2. The highest BCUT2D eigenvalue weighted by molar-refractivity contribution is 6.02. The molecular weight excluding hydrogens is 506 g/mol. The van der Waals surface area contributed by atoms with E-state index in [0.29, 0.717) is 28.0 Å². The van der Waals surface area contributed by atoms with Crippen molar-refractivity contribution in [2.45, 2.75) is 20.0 Å². The lowest BCUT2D eigenvalue weighted by molar-refractivity contribution is -0.384. The number of aromatic nitrogens is 2. The number of nitro benzene ring substituents is 1. The molecule has 0 aliphatic heterocycles. The van der Waals surface area contributed by atoms with Crippen molar-refractivity contribution in [3.63, 3.8) is 0 Å². The smallest absolute Gasteiger partial charge is 0.331 e. The molecule has 0 saturated carbocycles. The highest BCUT2D eigenvalue weighted by Gasteiger charge is 2.16. The van der Waals surface area contributed by atoms with Gasteiger partial charge in [-0.25, -0.2) is 9.59 Å². The maximum Gasteiger partial charge on any atom is 0.331 e. The summed E-state index contributed by atoms with van der Waals surface area (Å²) in [5.74, 6) is -0.141. The van der Waals surface area contributed by atoms with Crippen LogP contribution in [-0.4, -0.2) is 39.6 Å². The van der Waals surface area contributed by atoms with Crippen molar-refractivity contribution in [3.05, 3.63) is 109 Å². The van der Waals surface area contributed by atoms with Crippen LogP contribution in [0.3, 0.4) is 0 Å². The second kappa shape index (κ2) is 11.5. The average molecular weight is 532 g/mol. The van der Waals surface area contributed by atoms with Gasteiger partial charge in [0.2, 0.25) is 0 Å². The van der Waals surface area contributed by atoms with Crippen molar-refractivity contribution < 1.29 is 19.2 Å². The number of carbonyl (C=O) groups excluding carboxylic acids is 2. The van der Waals surface area contributed by atoms with Crippen LogP contribution >= 0.6 is 0 Å². The van der Waals surface area contributed by atoms with Crippen molar-refractivity contribution in [2.75, 3.05) is 24.4 Å². The van der Waals surface area contributed by atoms with Gasteiger partial charge in [0.1, 0.15) is 0 Å². The summed E-state index contributed by atoms with van der Waals surface area (Å²) in [4.78, 5) is 61.3. The molecule has 0 saturated heterocycles. The number of anilines is 2. The summed E-state index contributed by atoms with van der Waals surface area (Å²) >= 11 is 0. The molecule has 4 rings (SSSR count). The SMILES string of the molecule is COCCn1c(=O)c2cc(NC(=O)Nc3cccc(C(C)=O)c3)ccc2n(Cc2ccc([N+](=O)[O-])cc2)c1=O. The van der Waals surface area contributed by atoms with Gasteiger partial charge in [-0.05, 0) is 42.8 Å². The monoisotopic (exact) mass is 531 g/mol. The molecule has 39 heavy (non-hydrogen) atoms. The molecule has 3 aromatic carbocycles. The van der Waals surface area contributed by atoms with Gasteiger partial charge in [-0.3, -0.25) is 28.8 Å². The number of urea groups is 1. The first-order valence-corrected chi connectivity index (χ1v) is 11.9. The number of rotatable bonds is 9. The molecule has 1 aromatic heterocycles.